The molecular formula is C16H23N3O3S. The third kappa shape index (κ3) is 4.10. The normalized spacial score (nSPS) is 22.8. The molecule has 1 aromatic heterocycles. The van der Waals surface area contributed by atoms with Crippen LogP contribution in [0.2, 0.25) is 0 Å². The van der Waals surface area contributed by atoms with Crippen LogP contribution in [-0.4, -0.2) is 61.6 Å². The molecule has 3 heterocycles. The molecule has 2 aliphatic rings. The van der Waals surface area contributed by atoms with Gasteiger partial charge in [-0.25, -0.2) is 0 Å². The second-order valence-corrected chi connectivity index (χ2v) is 7.33. The maximum absolute atomic E-state index is 12.4. The summed E-state index contributed by atoms with van der Waals surface area (Å²) in [6.07, 6.45) is 1.23. The Kier molecular flexibility index (Phi) is 5.30. The maximum atomic E-state index is 12.4. The number of hydrogen-bond acceptors (Lipinski definition) is 5. The second kappa shape index (κ2) is 7.42. The Morgan fingerprint density at radius 3 is 2.74 bits per heavy atom. The average molecular weight is 337 g/mol. The Hall–Kier alpha value is -1.44. The van der Waals surface area contributed by atoms with Gasteiger partial charge in [0.05, 0.1) is 11.5 Å². The number of likely N-dealkylation sites (tertiary alicyclic amines) is 1. The Morgan fingerprint density at radius 2 is 2.13 bits per heavy atom. The zero-order chi connectivity index (χ0) is 16.2. The van der Waals surface area contributed by atoms with Gasteiger partial charge in [0.1, 0.15) is 6.10 Å². The summed E-state index contributed by atoms with van der Waals surface area (Å²) in [6, 6.07) is 3.96. The summed E-state index contributed by atoms with van der Waals surface area (Å²) in [5, 5.41) is 6.26. The lowest BCUT2D eigenvalue weighted by atomic mass is 10.0. The number of carbonyl (C=O) groups is 2. The van der Waals surface area contributed by atoms with Gasteiger partial charge >= 0.3 is 0 Å². The van der Waals surface area contributed by atoms with Crippen LogP contribution in [0.1, 0.15) is 27.4 Å². The minimum atomic E-state index is -0.357. The summed E-state index contributed by atoms with van der Waals surface area (Å²) in [7, 11) is 0. The fraction of sp³-hybridized carbons (Fsp3) is 0.625. The molecular weight excluding hydrogens is 314 g/mol. The molecule has 0 spiro atoms. The van der Waals surface area contributed by atoms with Crippen LogP contribution in [0.3, 0.4) is 0 Å². The molecule has 2 aliphatic heterocycles. The first kappa shape index (κ1) is 16.4. The number of nitrogens with zero attached hydrogens (tertiary/aromatic N) is 1. The van der Waals surface area contributed by atoms with E-state index in [4.69, 9.17) is 4.74 Å². The van der Waals surface area contributed by atoms with Crippen molar-refractivity contribution in [1.82, 2.24) is 15.5 Å². The summed E-state index contributed by atoms with van der Waals surface area (Å²) in [6.45, 7) is 5.32. The predicted octanol–water partition coefficient (Wildman–Crippen LogP) is 0.766. The third-order valence-electron chi connectivity index (χ3n) is 4.31. The van der Waals surface area contributed by atoms with Crippen LogP contribution in [0, 0.1) is 6.92 Å². The van der Waals surface area contributed by atoms with Crippen LogP contribution in [-0.2, 0) is 9.53 Å². The van der Waals surface area contributed by atoms with E-state index in [1.54, 1.807) is 0 Å². The van der Waals surface area contributed by atoms with Crippen molar-refractivity contribution in [2.45, 2.75) is 31.9 Å². The lowest BCUT2D eigenvalue weighted by molar-refractivity contribution is -0.146. The summed E-state index contributed by atoms with van der Waals surface area (Å²) in [4.78, 5) is 28.3. The van der Waals surface area contributed by atoms with Crippen LogP contribution >= 0.6 is 11.3 Å². The molecule has 3 rings (SSSR count). The van der Waals surface area contributed by atoms with Gasteiger partial charge < -0.3 is 20.3 Å². The van der Waals surface area contributed by atoms with E-state index in [2.05, 4.69) is 10.6 Å². The first-order valence-electron chi connectivity index (χ1n) is 8.12. The van der Waals surface area contributed by atoms with Gasteiger partial charge in [-0.1, -0.05) is 0 Å². The van der Waals surface area contributed by atoms with Crippen molar-refractivity contribution in [3.63, 3.8) is 0 Å². The summed E-state index contributed by atoms with van der Waals surface area (Å²) in [5.74, 6) is 0.0588. The minimum Gasteiger partial charge on any atom is -0.366 e. The Bertz CT molecular complexity index is 561. The molecule has 1 atom stereocenters. The van der Waals surface area contributed by atoms with Gasteiger partial charge in [0.2, 0.25) is 0 Å². The SMILES string of the molecule is Cc1ccc(C(=O)NC2CCN(C(=O)C3CNCCO3)CC2)s1. The van der Waals surface area contributed by atoms with E-state index in [0.717, 1.165) is 29.1 Å². The van der Waals surface area contributed by atoms with Crippen LogP contribution < -0.4 is 10.6 Å². The first-order valence-corrected chi connectivity index (χ1v) is 8.93. The highest BCUT2D eigenvalue weighted by Gasteiger charge is 2.30. The zero-order valence-corrected chi connectivity index (χ0v) is 14.2. The Morgan fingerprint density at radius 1 is 1.35 bits per heavy atom. The van der Waals surface area contributed by atoms with Crippen molar-refractivity contribution in [3.8, 4) is 0 Å². The molecule has 23 heavy (non-hydrogen) atoms. The minimum absolute atomic E-state index is 0.00677. The maximum Gasteiger partial charge on any atom is 0.261 e. The van der Waals surface area contributed by atoms with E-state index in [1.807, 2.05) is 24.0 Å². The lowest BCUT2D eigenvalue weighted by Gasteiger charge is -2.35. The molecule has 0 bridgehead atoms. The van der Waals surface area contributed by atoms with Crippen molar-refractivity contribution in [3.05, 3.63) is 21.9 Å². The number of amides is 2. The average Bonchev–Trinajstić information content (AvgIpc) is 3.02. The van der Waals surface area contributed by atoms with Crippen LogP contribution in [0.15, 0.2) is 12.1 Å². The van der Waals surface area contributed by atoms with Gasteiger partial charge in [-0.15, -0.1) is 11.3 Å². The standard InChI is InChI=1S/C16H23N3O3S/c1-11-2-3-14(23-11)15(20)18-12-4-7-19(8-5-12)16(21)13-10-17-6-9-22-13/h2-3,12-13,17H,4-10H2,1H3,(H,18,20). The molecule has 0 radical (unpaired) electrons. The lowest BCUT2D eigenvalue weighted by Crippen LogP contribution is -2.53. The highest BCUT2D eigenvalue weighted by molar-refractivity contribution is 7.13. The van der Waals surface area contributed by atoms with E-state index < -0.39 is 0 Å². The van der Waals surface area contributed by atoms with Crippen LogP contribution in [0.4, 0.5) is 0 Å². The van der Waals surface area contributed by atoms with Crippen LogP contribution in [0.25, 0.3) is 0 Å². The van der Waals surface area contributed by atoms with Crippen molar-refractivity contribution in [1.29, 1.82) is 0 Å². The van der Waals surface area contributed by atoms with Gasteiger partial charge in [0, 0.05) is 37.1 Å². The molecule has 0 saturated carbocycles. The van der Waals surface area contributed by atoms with E-state index in [-0.39, 0.29) is 24.0 Å². The van der Waals surface area contributed by atoms with Gasteiger partial charge in [0.25, 0.3) is 11.8 Å². The molecule has 126 valence electrons. The zero-order valence-electron chi connectivity index (χ0n) is 13.3. The molecule has 2 N–H and O–H groups in total. The molecule has 0 aromatic carbocycles. The molecule has 1 aromatic rings. The highest BCUT2D eigenvalue weighted by Crippen LogP contribution is 2.17. The third-order valence-corrected chi connectivity index (χ3v) is 5.31. The van der Waals surface area contributed by atoms with Gasteiger partial charge in [0.15, 0.2) is 0 Å². The second-order valence-electron chi connectivity index (χ2n) is 6.05. The number of hydrogen-bond donors (Lipinski definition) is 2. The molecule has 7 heteroatoms. The van der Waals surface area contributed by atoms with E-state index in [9.17, 15) is 9.59 Å². The number of ether oxygens (including phenoxy) is 1. The smallest absolute Gasteiger partial charge is 0.261 e. The number of piperidine rings is 1. The number of carbonyl (C=O) groups excluding carboxylic acids is 2. The number of thiophene rings is 1. The Labute approximate surface area is 140 Å². The van der Waals surface area contributed by atoms with Gasteiger partial charge in [-0.3, -0.25) is 9.59 Å². The quantitative estimate of drug-likeness (QED) is 0.855. The van der Waals surface area contributed by atoms with Crippen molar-refractivity contribution in [2.24, 2.45) is 0 Å². The van der Waals surface area contributed by atoms with E-state index in [1.165, 1.54) is 11.3 Å². The first-order chi connectivity index (χ1) is 11.1. The molecule has 2 fully saturated rings. The summed E-state index contributed by atoms with van der Waals surface area (Å²) in [5.41, 5.74) is 0. The van der Waals surface area contributed by atoms with Crippen molar-refractivity contribution >= 4 is 23.2 Å². The van der Waals surface area contributed by atoms with Crippen molar-refractivity contribution in [2.75, 3.05) is 32.8 Å². The predicted molar refractivity (Wildman–Crippen MR) is 88.7 cm³/mol. The monoisotopic (exact) mass is 337 g/mol. The molecule has 0 aliphatic carbocycles. The number of nitrogens with one attached hydrogen (secondary N) is 2. The topological polar surface area (TPSA) is 70.7 Å². The van der Waals surface area contributed by atoms with E-state index >= 15 is 0 Å². The molecule has 1 unspecified atom stereocenters. The van der Waals surface area contributed by atoms with Gasteiger partial charge in [-0.2, -0.15) is 0 Å². The summed E-state index contributed by atoms with van der Waals surface area (Å²) < 4.78 is 5.52. The number of aryl methyl sites for hydroxylation is 1. The van der Waals surface area contributed by atoms with Gasteiger partial charge in [-0.05, 0) is 31.9 Å². The molecule has 2 amide bonds. The fourth-order valence-corrected chi connectivity index (χ4v) is 3.76. The highest BCUT2D eigenvalue weighted by atomic mass is 32.1. The number of morpholine rings is 1. The Balaban J connectivity index is 1.46. The summed E-state index contributed by atoms with van der Waals surface area (Å²) >= 11 is 1.51. The van der Waals surface area contributed by atoms with Crippen LogP contribution in [0.5, 0.6) is 0 Å². The van der Waals surface area contributed by atoms with Crippen molar-refractivity contribution < 1.29 is 14.3 Å². The van der Waals surface area contributed by atoms with E-state index in [0.29, 0.717) is 26.2 Å². The largest absolute Gasteiger partial charge is 0.366 e. The molecule has 6 nitrogen and oxygen atoms in total. The fourth-order valence-electron chi connectivity index (χ4n) is 2.98. The molecule has 2 saturated heterocycles. The number of rotatable bonds is 3.